The normalized spacial score (nSPS) is 17.0. The van der Waals surface area contributed by atoms with Crippen LogP contribution in [-0.4, -0.2) is 21.4 Å². The fourth-order valence-electron chi connectivity index (χ4n) is 2.58. The molecule has 22 heavy (non-hydrogen) atoms. The third kappa shape index (κ3) is 1.81. The van der Waals surface area contributed by atoms with Crippen LogP contribution < -0.4 is 15.8 Å². The van der Waals surface area contributed by atoms with Crippen molar-refractivity contribution in [1.29, 1.82) is 0 Å². The van der Waals surface area contributed by atoms with Crippen LogP contribution in [0.15, 0.2) is 42.6 Å². The monoisotopic (exact) mass is 294 g/mol. The van der Waals surface area contributed by atoms with Crippen molar-refractivity contribution in [2.75, 3.05) is 11.1 Å². The predicted octanol–water partition coefficient (Wildman–Crippen LogP) is 2.30. The molecule has 3 N–H and O–H groups in total. The van der Waals surface area contributed by atoms with E-state index in [4.69, 9.17) is 10.5 Å². The first-order valence-corrected chi connectivity index (χ1v) is 6.98. The first-order chi connectivity index (χ1) is 10.6. The fraction of sp³-hybridized carbons (Fsp3) is 0.125. The second-order valence-electron chi connectivity index (χ2n) is 5.23. The first kappa shape index (κ1) is 12.7. The van der Waals surface area contributed by atoms with E-state index >= 15 is 0 Å². The number of hydrogen-bond donors (Lipinski definition) is 2. The van der Waals surface area contributed by atoms with Crippen molar-refractivity contribution >= 4 is 23.1 Å². The molecule has 110 valence electrons. The van der Waals surface area contributed by atoms with Gasteiger partial charge in [-0.2, -0.15) is 0 Å². The number of aromatic nitrogens is 2. The molecular formula is C16H14N4O2. The Kier molecular flexibility index (Phi) is 2.59. The molecule has 0 saturated carbocycles. The number of ether oxygens (including phenoxy) is 1. The number of imidazole rings is 1. The molecule has 1 aliphatic rings. The SMILES string of the molecule is CC1Oc2ccc(-c3nc4ccccn4c3N)cc2NC1=O. The topological polar surface area (TPSA) is 81.7 Å². The number of hydrogen-bond acceptors (Lipinski definition) is 4. The second kappa shape index (κ2) is 4.49. The minimum Gasteiger partial charge on any atom is -0.479 e. The lowest BCUT2D eigenvalue weighted by Gasteiger charge is -2.23. The number of nitrogens with two attached hydrogens (primary N) is 1. The molecule has 6 heteroatoms. The lowest BCUT2D eigenvalue weighted by molar-refractivity contribution is -0.122. The Labute approximate surface area is 126 Å². The molecule has 1 aliphatic heterocycles. The molecule has 0 bridgehead atoms. The molecule has 2 aromatic heterocycles. The molecular weight excluding hydrogens is 280 g/mol. The zero-order chi connectivity index (χ0) is 15.3. The molecule has 0 saturated heterocycles. The van der Waals surface area contributed by atoms with Crippen LogP contribution in [0.1, 0.15) is 6.92 Å². The lowest BCUT2D eigenvalue weighted by Crippen LogP contribution is -2.34. The molecule has 0 spiro atoms. The highest BCUT2D eigenvalue weighted by molar-refractivity contribution is 5.98. The summed E-state index contributed by atoms with van der Waals surface area (Å²) in [6.07, 6.45) is 1.38. The Morgan fingerprint density at radius 3 is 3.00 bits per heavy atom. The highest BCUT2D eigenvalue weighted by Gasteiger charge is 2.24. The summed E-state index contributed by atoms with van der Waals surface area (Å²) in [7, 11) is 0. The fourth-order valence-corrected chi connectivity index (χ4v) is 2.58. The Balaban J connectivity index is 1.84. The van der Waals surface area contributed by atoms with Gasteiger partial charge in [-0.1, -0.05) is 6.07 Å². The summed E-state index contributed by atoms with van der Waals surface area (Å²) in [5.74, 6) is 1.05. The molecule has 3 heterocycles. The largest absolute Gasteiger partial charge is 0.479 e. The Bertz CT molecular complexity index is 900. The maximum atomic E-state index is 11.7. The van der Waals surface area contributed by atoms with Gasteiger partial charge < -0.3 is 15.8 Å². The Hall–Kier alpha value is -3.02. The van der Waals surface area contributed by atoms with Crippen LogP contribution >= 0.6 is 0 Å². The van der Waals surface area contributed by atoms with E-state index in [0.717, 1.165) is 11.2 Å². The summed E-state index contributed by atoms with van der Waals surface area (Å²) in [5, 5.41) is 2.83. The van der Waals surface area contributed by atoms with Crippen LogP contribution in [0, 0.1) is 0 Å². The van der Waals surface area contributed by atoms with Crippen LogP contribution in [0.5, 0.6) is 5.75 Å². The average molecular weight is 294 g/mol. The number of benzene rings is 1. The number of carbonyl (C=O) groups excluding carboxylic acids is 1. The zero-order valence-electron chi connectivity index (χ0n) is 11.9. The third-order valence-electron chi connectivity index (χ3n) is 3.75. The minimum absolute atomic E-state index is 0.160. The highest BCUT2D eigenvalue weighted by atomic mass is 16.5. The summed E-state index contributed by atoms with van der Waals surface area (Å²) in [4.78, 5) is 16.3. The number of anilines is 2. The Morgan fingerprint density at radius 2 is 2.18 bits per heavy atom. The van der Waals surface area contributed by atoms with Gasteiger partial charge in [-0.25, -0.2) is 4.98 Å². The summed E-state index contributed by atoms with van der Waals surface area (Å²) in [6.45, 7) is 1.71. The van der Waals surface area contributed by atoms with Crippen LogP contribution in [0.4, 0.5) is 11.5 Å². The number of amides is 1. The number of nitrogens with one attached hydrogen (secondary N) is 1. The number of nitrogen functional groups attached to an aromatic ring is 1. The molecule has 0 fully saturated rings. The van der Waals surface area contributed by atoms with Gasteiger partial charge in [-0.3, -0.25) is 9.20 Å². The second-order valence-corrected chi connectivity index (χ2v) is 5.23. The maximum Gasteiger partial charge on any atom is 0.265 e. The van der Waals surface area contributed by atoms with Crippen LogP contribution in [-0.2, 0) is 4.79 Å². The third-order valence-corrected chi connectivity index (χ3v) is 3.75. The Morgan fingerprint density at radius 1 is 1.32 bits per heavy atom. The molecule has 6 nitrogen and oxygen atoms in total. The predicted molar refractivity (Wildman–Crippen MR) is 83.8 cm³/mol. The summed E-state index contributed by atoms with van der Waals surface area (Å²) in [6, 6.07) is 11.2. The van der Waals surface area contributed by atoms with E-state index in [0.29, 0.717) is 22.9 Å². The molecule has 1 atom stereocenters. The van der Waals surface area contributed by atoms with E-state index in [9.17, 15) is 4.79 Å². The van der Waals surface area contributed by atoms with Gasteiger partial charge in [0.1, 0.15) is 22.9 Å². The van der Waals surface area contributed by atoms with Gasteiger partial charge in [0.05, 0.1) is 5.69 Å². The average Bonchev–Trinajstić information content (AvgIpc) is 2.86. The smallest absolute Gasteiger partial charge is 0.265 e. The van der Waals surface area contributed by atoms with Crippen molar-refractivity contribution in [3.63, 3.8) is 0 Å². The van der Waals surface area contributed by atoms with E-state index in [1.165, 1.54) is 0 Å². The maximum absolute atomic E-state index is 11.7. The molecule has 1 amide bonds. The van der Waals surface area contributed by atoms with Gasteiger partial charge in [0.25, 0.3) is 5.91 Å². The lowest BCUT2D eigenvalue weighted by atomic mass is 10.1. The summed E-state index contributed by atoms with van der Waals surface area (Å²) in [5.41, 5.74) is 9.11. The van der Waals surface area contributed by atoms with Gasteiger partial charge in [-0.05, 0) is 37.3 Å². The zero-order valence-corrected chi connectivity index (χ0v) is 11.9. The van der Waals surface area contributed by atoms with Crippen LogP contribution in [0.25, 0.3) is 16.9 Å². The van der Waals surface area contributed by atoms with Gasteiger partial charge in [0.15, 0.2) is 6.10 Å². The van der Waals surface area contributed by atoms with Crippen molar-refractivity contribution in [2.24, 2.45) is 0 Å². The molecule has 3 aromatic rings. The van der Waals surface area contributed by atoms with E-state index in [-0.39, 0.29) is 5.91 Å². The van der Waals surface area contributed by atoms with Gasteiger partial charge in [0.2, 0.25) is 0 Å². The number of nitrogens with zero attached hydrogens (tertiary/aromatic N) is 2. The summed E-state index contributed by atoms with van der Waals surface area (Å²) >= 11 is 0. The van der Waals surface area contributed by atoms with Gasteiger partial charge in [-0.15, -0.1) is 0 Å². The molecule has 1 unspecified atom stereocenters. The number of pyridine rings is 1. The van der Waals surface area contributed by atoms with Crippen molar-refractivity contribution in [1.82, 2.24) is 9.38 Å². The molecule has 0 aliphatic carbocycles. The van der Waals surface area contributed by atoms with E-state index in [2.05, 4.69) is 10.3 Å². The summed E-state index contributed by atoms with van der Waals surface area (Å²) < 4.78 is 7.38. The number of fused-ring (bicyclic) bond motifs is 2. The van der Waals surface area contributed by atoms with Gasteiger partial charge >= 0.3 is 0 Å². The molecule has 1 aromatic carbocycles. The first-order valence-electron chi connectivity index (χ1n) is 6.98. The highest BCUT2D eigenvalue weighted by Crippen LogP contribution is 2.35. The van der Waals surface area contributed by atoms with Crippen molar-refractivity contribution in [3.05, 3.63) is 42.6 Å². The van der Waals surface area contributed by atoms with E-state index in [1.807, 2.05) is 47.0 Å². The minimum atomic E-state index is -0.487. The van der Waals surface area contributed by atoms with Crippen molar-refractivity contribution < 1.29 is 9.53 Å². The van der Waals surface area contributed by atoms with E-state index < -0.39 is 6.10 Å². The molecule has 4 rings (SSSR count). The van der Waals surface area contributed by atoms with Crippen molar-refractivity contribution in [2.45, 2.75) is 13.0 Å². The van der Waals surface area contributed by atoms with Crippen LogP contribution in [0.3, 0.4) is 0 Å². The van der Waals surface area contributed by atoms with Crippen molar-refractivity contribution in [3.8, 4) is 17.0 Å². The van der Waals surface area contributed by atoms with Crippen LogP contribution in [0.2, 0.25) is 0 Å². The standard InChI is InChI=1S/C16H14N4O2/c1-9-16(21)18-11-8-10(5-6-12(11)22-9)14-15(17)20-7-3-2-4-13(20)19-14/h2-9H,17H2,1H3,(H,18,21). The number of rotatable bonds is 1. The van der Waals surface area contributed by atoms with E-state index in [1.54, 1.807) is 6.92 Å². The van der Waals surface area contributed by atoms with Gasteiger partial charge in [0, 0.05) is 11.8 Å². The molecule has 0 radical (unpaired) electrons. The number of carbonyl (C=O) groups is 1. The quantitative estimate of drug-likeness (QED) is 0.721.